The van der Waals surface area contributed by atoms with Gasteiger partial charge in [0, 0.05) is 25.1 Å². The van der Waals surface area contributed by atoms with Crippen molar-refractivity contribution < 1.29 is 14.4 Å². The van der Waals surface area contributed by atoms with Crippen LogP contribution in [0.2, 0.25) is 0 Å². The van der Waals surface area contributed by atoms with Gasteiger partial charge in [-0.15, -0.1) is 5.10 Å². The number of hydrogen-bond donors (Lipinski definition) is 1. The van der Waals surface area contributed by atoms with E-state index >= 15 is 0 Å². The van der Waals surface area contributed by atoms with E-state index in [1.54, 1.807) is 15.6 Å². The van der Waals surface area contributed by atoms with Gasteiger partial charge in [0.2, 0.25) is 11.8 Å². The van der Waals surface area contributed by atoms with E-state index in [1.165, 1.54) is 12.8 Å². The number of nitrogens with zero attached hydrogens (tertiary/aromatic N) is 5. The van der Waals surface area contributed by atoms with Crippen LogP contribution in [0, 0.1) is 0 Å². The van der Waals surface area contributed by atoms with Crippen molar-refractivity contribution in [2.45, 2.75) is 44.8 Å². The minimum Gasteiger partial charge on any atom is -0.322 e. The summed E-state index contributed by atoms with van der Waals surface area (Å²) >= 11 is 0. The smallest absolute Gasteiger partial charge is 0.255 e. The highest BCUT2D eigenvalue weighted by molar-refractivity contribution is 6.05. The minimum absolute atomic E-state index is 0.172. The molecule has 0 radical (unpaired) electrons. The Morgan fingerprint density at radius 3 is 2.76 bits per heavy atom. The van der Waals surface area contributed by atoms with E-state index in [0.29, 0.717) is 18.5 Å². The van der Waals surface area contributed by atoms with Crippen molar-refractivity contribution in [1.29, 1.82) is 0 Å². The van der Waals surface area contributed by atoms with Crippen molar-refractivity contribution in [1.82, 2.24) is 30.1 Å². The van der Waals surface area contributed by atoms with Crippen LogP contribution in [0.3, 0.4) is 0 Å². The molecule has 1 aromatic carbocycles. The Labute approximate surface area is 167 Å². The molecule has 1 aromatic heterocycles. The van der Waals surface area contributed by atoms with E-state index in [2.05, 4.69) is 20.5 Å². The Morgan fingerprint density at radius 2 is 1.97 bits per heavy atom. The van der Waals surface area contributed by atoms with Crippen LogP contribution in [0.15, 0.2) is 24.4 Å². The number of likely N-dealkylation sites (tertiary alicyclic amines) is 1. The van der Waals surface area contributed by atoms with Crippen molar-refractivity contribution in [3.63, 3.8) is 0 Å². The standard InChI is InChI=1S/C20H22N6O3/c27-18-6-5-17(19(28)21-18)25-10-13-9-15(3-4-16(13)20(25)29)26-12-14(22-23-26)11-24-7-1-2-8-24/h3-4,9,12,17H,1-2,5-8,10-11H2,(H,21,27,28). The van der Waals surface area contributed by atoms with Crippen LogP contribution in [0.1, 0.15) is 47.3 Å². The Kier molecular flexibility index (Phi) is 4.39. The molecule has 3 aliphatic rings. The highest BCUT2D eigenvalue weighted by Crippen LogP contribution is 2.29. The summed E-state index contributed by atoms with van der Waals surface area (Å²) in [7, 11) is 0. The molecule has 9 nitrogen and oxygen atoms in total. The van der Waals surface area contributed by atoms with Crippen molar-refractivity contribution in [2.24, 2.45) is 0 Å². The first-order valence-corrected chi connectivity index (χ1v) is 10.00. The molecule has 2 fully saturated rings. The van der Waals surface area contributed by atoms with Crippen molar-refractivity contribution in [3.8, 4) is 5.69 Å². The molecule has 5 rings (SSSR count). The van der Waals surface area contributed by atoms with Gasteiger partial charge in [-0.05, 0) is 56.1 Å². The van der Waals surface area contributed by atoms with E-state index in [1.807, 2.05) is 18.3 Å². The molecule has 150 valence electrons. The van der Waals surface area contributed by atoms with Crippen molar-refractivity contribution in [3.05, 3.63) is 41.2 Å². The summed E-state index contributed by atoms with van der Waals surface area (Å²) in [5.41, 5.74) is 3.21. The largest absolute Gasteiger partial charge is 0.322 e. The maximum atomic E-state index is 12.8. The normalized spacial score (nSPS) is 22.3. The number of carbonyl (C=O) groups excluding carboxylic acids is 3. The van der Waals surface area contributed by atoms with Crippen LogP contribution in [-0.2, 0) is 22.7 Å². The van der Waals surface area contributed by atoms with Gasteiger partial charge in [0.15, 0.2) is 0 Å². The second kappa shape index (κ2) is 7.07. The van der Waals surface area contributed by atoms with Gasteiger partial charge in [0.1, 0.15) is 6.04 Å². The number of carbonyl (C=O) groups is 3. The number of nitrogens with one attached hydrogen (secondary N) is 1. The fourth-order valence-corrected chi connectivity index (χ4v) is 4.37. The van der Waals surface area contributed by atoms with Gasteiger partial charge in [-0.3, -0.25) is 24.6 Å². The second-order valence-electron chi connectivity index (χ2n) is 7.88. The lowest BCUT2D eigenvalue weighted by Crippen LogP contribution is -2.52. The molecule has 0 aliphatic carbocycles. The predicted octanol–water partition coefficient (Wildman–Crippen LogP) is 0.624. The first kappa shape index (κ1) is 18.0. The topological polar surface area (TPSA) is 100 Å². The zero-order chi connectivity index (χ0) is 20.0. The zero-order valence-electron chi connectivity index (χ0n) is 16.0. The highest BCUT2D eigenvalue weighted by Gasteiger charge is 2.39. The highest BCUT2D eigenvalue weighted by atomic mass is 16.2. The van der Waals surface area contributed by atoms with Gasteiger partial charge < -0.3 is 4.90 Å². The summed E-state index contributed by atoms with van der Waals surface area (Å²) in [5, 5.41) is 10.8. The number of fused-ring (bicyclic) bond motifs is 1. The summed E-state index contributed by atoms with van der Waals surface area (Å²) in [4.78, 5) is 40.3. The summed E-state index contributed by atoms with van der Waals surface area (Å²) in [6.45, 7) is 3.35. The fourth-order valence-electron chi connectivity index (χ4n) is 4.37. The van der Waals surface area contributed by atoms with Crippen LogP contribution in [0.25, 0.3) is 5.69 Å². The number of piperidine rings is 1. The summed E-state index contributed by atoms with van der Waals surface area (Å²) in [6, 6.07) is 4.95. The van der Waals surface area contributed by atoms with Gasteiger partial charge in [-0.1, -0.05) is 5.21 Å². The average Bonchev–Trinajstić information content (AvgIpc) is 3.44. The van der Waals surface area contributed by atoms with E-state index in [4.69, 9.17) is 0 Å². The lowest BCUT2D eigenvalue weighted by molar-refractivity contribution is -0.136. The number of hydrogen-bond acceptors (Lipinski definition) is 6. The first-order valence-electron chi connectivity index (χ1n) is 10.00. The van der Waals surface area contributed by atoms with E-state index < -0.39 is 11.9 Å². The third-order valence-electron chi connectivity index (χ3n) is 5.90. The van der Waals surface area contributed by atoms with Gasteiger partial charge in [-0.2, -0.15) is 0 Å². The lowest BCUT2D eigenvalue weighted by Gasteiger charge is -2.29. The average molecular weight is 394 g/mol. The minimum atomic E-state index is -0.602. The van der Waals surface area contributed by atoms with E-state index in [0.717, 1.165) is 36.6 Å². The molecule has 4 heterocycles. The summed E-state index contributed by atoms with van der Waals surface area (Å²) < 4.78 is 1.73. The SMILES string of the molecule is O=C1CCC(N2Cc3cc(-n4cc(CN5CCCC5)nn4)ccc3C2=O)C(=O)N1. The first-order chi connectivity index (χ1) is 14.1. The van der Waals surface area contributed by atoms with E-state index in [9.17, 15) is 14.4 Å². The molecule has 1 unspecified atom stereocenters. The summed E-state index contributed by atoms with van der Waals surface area (Å²) in [6.07, 6.45) is 5.00. The third-order valence-corrected chi connectivity index (χ3v) is 5.90. The molecular weight excluding hydrogens is 372 g/mol. The zero-order valence-corrected chi connectivity index (χ0v) is 16.0. The molecule has 1 N–H and O–H groups in total. The number of benzene rings is 1. The Balaban J connectivity index is 1.34. The van der Waals surface area contributed by atoms with Gasteiger partial charge in [0.05, 0.1) is 17.6 Å². The van der Waals surface area contributed by atoms with Crippen LogP contribution >= 0.6 is 0 Å². The molecular formula is C20H22N6O3. The molecule has 0 saturated carbocycles. The van der Waals surface area contributed by atoms with Gasteiger partial charge in [0.25, 0.3) is 5.91 Å². The molecule has 9 heteroatoms. The van der Waals surface area contributed by atoms with Crippen molar-refractivity contribution in [2.75, 3.05) is 13.1 Å². The molecule has 29 heavy (non-hydrogen) atoms. The Morgan fingerprint density at radius 1 is 1.14 bits per heavy atom. The third kappa shape index (κ3) is 3.31. The van der Waals surface area contributed by atoms with Gasteiger partial charge in [-0.25, -0.2) is 4.68 Å². The molecule has 2 saturated heterocycles. The molecule has 1 atom stereocenters. The fraction of sp³-hybridized carbons (Fsp3) is 0.450. The number of amides is 3. The maximum absolute atomic E-state index is 12.8. The molecule has 3 amide bonds. The van der Waals surface area contributed by atoms with Crippen molar-refractivity contribution >= 4 is 17.7 Å². The monoisotopic (exact) mass is 394 g/mol. The van der Waals surface area contributed by atoms with Crippen LogP contribution < -0.4 is 5.32 Å². The van der Waals surface area contributed by atoms with Crippen LogP contribution in [0.5, 0.6) is 0 Å². The number of imide groups is 1. The molecule has 0 spiro atoms. The molecule has 3 aliphatic heterocycles. The number of aromatic nitrogens is 3. The maximum Gasteiger partial charge on any atom is 0.255 e. The molecule has 2 aromatic rings. The quantitative estimate of drug-likeness (QED) is 0.764. The Bertz CT molecular complexity index is 994. The Hall–Kier alpha value is -3.07. The van der Waals surface area contributed by atoms with E-state index in [-0.39, 0.29) is 18.2 Å². The predicted molar refractivity (Wildman–Crippen MR) is 102 cm³/mol. The lowest BCUT2D eigenvalue weighted by atomic mass is 10.0. The number of rotatable bonds is 4. The van der Waals surface area contributed by atoms with Gasteiger partial charge >= 0.3 is 0 Å². The molecule has 0 bridgehead atoms. The van der Waals surface area contributed by atoms with Crippen LogP contribution in [-0.4, -0.2) is 61.6 Å². The van der Waals surface area contributed by atoms with Crippen LogP contribution in [0.4, 0.5) is 0 Å². The summed E-state index contributed by atoms with van der Waals surface area (Å²) in [5.74, 6) is -0.853. The second-order valence-corrected chi connectivity index (χ2v) is 7.88.